The van der Waals surface area contributed by atoms with Crippen LogP contribution in [0.1, 0.15) is 25.3 Å². The summed E-state index contributed by atoms with van der Waals surface area (Å²) in [4.78, 5) is 24.8. The second-order valence-electron chi connectivity index (χ2n) is 4.62. The molecule has 1 aliphatic rings. The molecule has 1 atom stereocenters. The van der Waals surface area contributed by atoms with Gasteiger partial charge in [-0.2, -0.15) is 0 Å². The Morgan fingerprint density at radius 2 is 2.11 bits per heavy atom. The summed E-state index contributed by atoms with van der Waals surface area (Å²) >= 11 is 0. The average molecular weight is 247 g/mol. The molecule has 2 rings (SSSR count). The molecular weight excluding hydrogens is 230 g/mol. The van der Waals surface area contributed by atoms with Crippen molar-refractivity contribution in [1.82, 2.24) is 0 Å². The zero-order valence-corrected chi connectivity index (χ0v) is 10.4. The Balaban J connectivity index is 2.33. The smallest absolute Gasteiger partial charge is 0.308 e. The van der Waals surface area contributed by atoms with Gasteiger partial charge in [0.15, 0.2) is 0 Å². The Bertz CT molecular complexity index is 470. The number of carbonyl (C=O) groups is 2. The van der Waals surface area contributed by atoms with E-state index in [-0.39, 0.29) is 12.5 Å². The summed E-state index contributed by atoms with van der Waals surface area (Å²) in [5, 5.41) is 9.16. The molecule has 1 aliphatic heterocycles. The van der Waals surface area contributed by atoms with Gasteiger partial charge in [-0.05, 0) is 24.5 Å². The zero-order chi connectivity index (χ0) is 13.1. The highest BCUT2D eigenvalue weighted by Gasteiger charge is 2.31. The molecule has 4 heteroatoms. The van der Waals surface area contributed by atoms with Crippen LogP contribution in [0.2, 0.25) is 0 Å². The lowest BCUT2D eigenvalue weighted by Gasteiger charge is -2.33. The lowest BCUT2D eigenvalue weighted by Crippen LogP contribution is -2.42. The van der Waals surface area contributed by atoms with Crippen molar-refractivity contribution in [3.8, 4) is 0 Å². The minimum atomic E-state index is -0.834. The normalized spacial score (nSPS) is 18.3. The maximum Gasteiger partial charge on any atom is 0.308 e. The van der Waals surface area contributed by atoms with Gasteiger partial charge in [0.05, 0.1) is 5.92 Å². The van der Waals surface area contributed by atoms with Crippen LogP contribution in [0.5, 0.6) is 0 Å². The van der Waals surface area contributed by atoms with Crippen LogP contribution in [0.4, 0.5) is 5.69 Å². The monoisotopic (exact) mass is 247 g/mol. The first-order valence-corrected chi connectivity index (χ1v) is 6.24. The van der Waals surface area contributed by atoms with Crippen molar-refractivity contribution in [2.24, 2.45) is 5.92 Å². The van der Waals surface area contributed by atoms with Crippen molar-refractivity contribution < 1.29 is 14.7 Å². The van der Waals surface area contributed by atoms with Gasteiger partial charge in [0.1, 0.15) is 0 Å². The number of aliphatic carboxylic acids is 1. The van der Waals surface area contributed by atoms with Gasteiger partial charge in [-0.25, -0.2) is 0 Å². The number of rotatable bonds is 3. The molecule has 4 nitrogen and oxygen atoms in total. The molecule has 1 N–H and O–H groups in total. The molecule has 0 aromatic heterocycles. The van der Waals surface area contributed by atoms with E-state index in [1.165, 1.54) is 0 Å². The van der Waals surface area contributed by atoms with Crippen molar-refractivity contribution in [3.63, 3.8) is 0 Å². The second-order valence-corrected chi connectivity index (χ2v) is 4.62. The molecule has 0 fully saturated rings. The van der Waals surface area contributed by atoms with Crippen molar-refractivity contribution in [3.05, 3.63) is 29.8 Å². The molecule has 18 heavy (non-hydrogen) atoms. The van der Waals surface area contributed by atoms with E-state index >= 15 is 0 Å². The van der Waals surface area contributed by atoms with Gasteiger partial charge >= 0.3 is 5.97 Å². The van der Waals surface area contributed by atoms with E-state index in [1.54, 1.807) is 4.90 Å². The van der Waals surface area contributed by atoms with Gasteiger partial charge in [-0.3, -0.25) is 9.59 Å². The molecule has 0 aliphatic carbocycles. The molecule has 1 amide bonds. The largest absolute Gasteiger partial charge is 0.481 e. The van der Waals surface area contributed by atoms with Crippen LogP contribution in [0, 0.1) is 5.92 Å². The number of carboxylic acid groups (broad SMARTS) is 1. The van der Waals surface area contributed by atoms with Crippen LogP contribution < -0.4 is 4.90 Å². The summed E-state index contributed by atoms with van der Waals surface area (Å²) < 4.78 is 0. The molecule has 96 valence electrons. The number of amides is 1. The summed E-state index contributed by atoms with van der Waals surface area (Å²) in [6, 6.07) is 7.55. The Labute approximate surface area is 106 Å². The van der Waals surface area contributed by atoms with Crippen molar-refractivity contribution in [2.45, 2.75) is 26.2 Å². The van der Waals surface area contributed by atoms with Gasteiger partial charge in [0.2, 0.25) is 5.91 Å². The third-order valence-corrected chi connectivity index (χ3v) is 3.27. The fraction of sp³-hybridized carbons (Fsp3) is 0.429. The number of hydrogen-bond donors (Lipinski definition) is 1. The SMILES string of the molecule is CCCC(=O)N1CC(C(=O)O)Cc2ccccc21. The predicted octanol–water partition coefficient (Wildman–Crippen LogP) is 2.08. The lowest BCUT2D eigenvalue weighted by molar-refractivity contribution is -0.141. The fourth-order valence-corrected chi connectivity index (χ4v) is 2.35. The first kappa shape index (κ1) is 12.6. The molecule has 0 radical (unpaired) electrons. The van der Waals surface area contributed by atoms with Crippen LogP contribution in [0.3, 0.4) is 0 Å². The molecule has 1 aromatic rings. The zero-order valence-electron chi connectivity index (χ0n) is 10.4. The minimum Gasteiger partial charge on any atom is -0.481 e. The van der Waals surface area contributed by atoms with Gasteiger partial charge in [-0.1, -0.05) is 25.1 Å². The van der Waals surface area contributed by atoms with Crippen LogP contribution >= 0.6 is 0 Å². The quantitative estimate of drug-likeness (QED) is 0.889. The standard InChI is InChI=1S/C14H17NO3/c1-2-5-13(16)15-9-11(14(17)18)8-10-6-3-4-7-12(10)15/h3-4,6-7,11H,2,5,8-9H2,1H3,(H,17,18). The summed E-state index contributed by atoms with van der Waals surface area (Å²) in [6.45, 7) is 2.23. The number of carboxylic acids is 1. The van der Waals surface area contributed by atoms with E-state index in [2.05, 4.69) is 0 Å². The fourth-order valence-electron chi connectivity index (χ4n) is 2.35. The highest BCUT2D eigenvalue weighted by atomic mass is 16.4. The number of hydrogen-bond acceptors (Lipinski definition) is 2. The first-order valence-electron chi connectivity index (χ1n) is 6.24. The maximum absolute atomic E-state index is 12.1. The minimum absolute atomic E-state index is 0.0101. The number of fused-ring (bicyclic) bond motifs is 1. The molecular formula is C14H17NO3. The average Bonchev–Trinajstić information content (AvgIpc) is 2.37. The number of nitrogens with zero attached hydrogens (tertiary/aromatic N) is 1. The first-order chi connectivity index (χ1) is 8.63. The topological polar surface area (TPSA) is 57.6 Å². The van der Waals surface area contributed by atoms with Crippen LogP contribution in [0.15, 0.2) is 24.3 Å². The van der Waals surface area contributed by atoms with Gasteiger partial charge in [-0.15, -0.1) is 0 Å². The Morgan fingerprint density at radius 1 is 1.39 bits per heavy atom. The molecule has 0 saturated carbocycles. The lowest BCUT2D eigenvalue weighted by atomic mass is 9.92. The van der Waals surface area contributed by atoms with Crippen LogP contribution in [-0.4, -0.2) is 23.5 Å². The van der Waals surface area contributed by atoms with Gasteiger partial charge in [0.25, 0.3) is 0 Å². The molecule has 0 bridgehead atoms. The van der Waals surface area contributed by atoms with Crippen molar-refractivity contribution in [1.29, 1.82) is 0 Å². The van der Waals surface area contributed by atoms with Crippen LogP contribution in [0.25, 0.3) is 0 Å². The molecule has 1 unspecified atom stereocenters. The maximum atomic E-state index is 12.1. The Kier molecular flexibility index (Phi) is 3.65. The predicted molar refractivity (Wildman–Crippen MR) is 68.5 cm³/mol. The molecule has 1 aromatic carbocycles. The Morgan fingerprint density at radius 3 is 2.78 bits per heavy atom. The number of carbonyl (C=O) groups excluding carboxylic acids is 1. The van der Waals surface area contributed by atoms with E-state index < -0.39 is 11.9 Å². The second kappa shape index (κ2) is 5.21. The summed E-state index contributed by atoms with van der Waals surface area (Å²) in [5.41, 5.74) is 1.81. The van der Waals surface area contributed by atoms with Gasteiger partial charge < -0.3 is 10.0 Å². The van der Waals surface area contributed by atoms with Gasteiger partial charge in [0, 0.05) is 18.7 Å². The van der Waals surface area contributed by atoms with Crippen molar-refractivity contribution in [2.75, 3.05) is 11.4 Å². The number of anilines is 1. The summed E-state index contributed by atoms with van der Waals surface area (Å²) in [7, 11) is 0. The van der Waals surface area contributed by atoms with E-state index in [0.717, 1.165) is 17.7 Å². The molecule has 1 heterocycles. The molecule has 0 spiro atoms. The summed E-state index contributed by atoms with van der Waals surface area (Å²) in [6.07, 6.45) is 1.73. The molecule has 0 saturated heterocycles. The van der Waals surface area contributed by atoms with Crippen molar-refractivity contribution >= 4 is 17.6 Å². The van der Waals surface area contributed by atoms with Crippen LogP contribution in [-0.2, 0) is 16.0 Å². The third-order valence-electron chi connectivity index (χ3n) is 3.27. The van der Waals surface area contributed by atoms with E-state index in [9.17, 15) is 9.59 Å². The highest BCUT2D eigenvalue weighted by molar-refractivity contribution is 5.95. The van der Waals surface area contributed by atoms with E-state index in [1.807, 2.05) is 31.2 Å². The van der Waals surface area contributed by atoms with E-state index in [4.69, 9.17) is 5.11 Å². The highest BCUT2D eigenvalue weighted by Crippen LogP contribution is 2.30. The van der Waals surface area contributed by atoms with E-state index in [0.29, 0.717) is 12.8 Å². The summed E-state index contributed by atoms with van der Waals surface area (Å²) in [5.74, 6) is -1.32. The third kappa shape index (κ3) is 2.37. The number of para-hydroxylation sites is 1. The number of benzene rings is 1. The Hall–Kier alpha value is -1.84.